The van der Waals surface area contributed by atoms with Crippen molar-refractivity contribution in [2.45, 2.75) is 24.2 Å². The predicted octanol–water partition coefficient (Wildman–Crippen LogP) is 2.42. The van der Waals surface area contributed by atoms with Crippen molar-refractivity contribution in [3.63, 3.8) is 0 Å². The minimum Gasteiger partial charge on any atom is -0.292 e. The monoisotopic (exact) mass is 412 g/mol. The molecule has 2 heterocycles. The fraction of sp³-hybridized carbons (Fsp3) is 0.571. The second kappa shape index (κ2) is 5.72. The smallest absolute Gasteiger partial charge is 0.292 e. The van der Waals surface area contributed by atoms with Crippen molar-refractivity contribution in [1.82, 2.24) is 9.21 Å². The van der Waals surface area contributed by atoms with E-state index in [0.29, 0.717) is 0 Å². The zero-order valence-electron chi connectivity index (χ0n) is 12.3. The molecule has 0 aromatic heterocycles. The molecule has 0 amide bonds. The number of halogens is 4. The summed E-state index contributed by atoms with van der Waals surface area (Å²) in [5.41, 5.74) is 0.967. The van der Waals surface area contributed by atoms with Gasteiger partial charge in [-0.3, -0.25) is 4.90 Å². The summed E-state index contributed by atoms with van der Waals surface area (Å²) in [5.74, 6) is -0.0534. The summed E-state index contributed by atoms with van der Waals surface area (Å²) in [6.07, 6.45) is -3.16. The number of nitrogens with zero attached hydrogens (tertiary/aromatic N) is 2. The highest BCUT2D eigenvalue weighted by Gasteiger charge is 2.58. The summed E-state index contributed by atoms with van der Waals surface area (Å²) >= 11 is 3.34. The molecule has 2 fully saturated rings. The lowest BCUT2D eigenvalue weighted by Gasteiger charge is -2.60. The Bertz CT molecular complexity index is 679. The van der Waals surface area contributed by atoms with Gasteiger partial charge in [0.05, 0.1) is 12.8 Å². The van der Waals surface area contributed by atoms with Gasteiger partial charge in [-0.2, -0.15) is 17.5 Å². The van der Waals surface area contributed by atoms with Crippen LogP contribution in [0, 0.1) is 0 Å². The van der Waals surface area contributed by atoms with Crippen molar-refractivity contribution in [2.75, 3.05) is 25.9 Å². The number of piperidine rings is 1. The zero-order valence-corrected chi connectivity index (χ0v) is 14.7. The lowest BCUT2D eigenvalue weighted by atomic mass is 9.74. The molecule has 4 nitrogen and oxygen atoms in total. The molecule has 0 N–H and O–H groups in total. The molecule has 1 aromatic carbocycles. The van der Waals surface area contributed by atoms with E-state index in [-0.39, 0.29) is 19.0 Å². The van der Waals surface area contributed by atoms with E-state index in [4.69, 9.17) is 0 Å². The number of hydrogen-bond acceptors (Lipinski definition) is 3. The highest BCUT2D eigenvalue weighted by molar-refractivity contribution is 9.10. The quantitative estimate of drug-likeness (QED) is 0.765. The third-order valence-electron chi connectivity index (χ3n) is 4.41. The van der Waals surface area contributed by atoms with Crippen molar-refractivity contribution in [3.05, 3.63) is 34.3 Å². The van der Waals surface area contributed by atoms with Crippen LogP contribution in [-0.2, 0) is 10.0 Å². The lowest BCUT2D eigenvalue weighted by molar-refractivity contribution is -0.162. The van der Waals surface area contributed by atoms with Crippen LogP contribution in [0.1, 0.15) is 11.5 Å². The minimum absolute atomic E-state index is 0.0534. The highest BCUT2D eigenvalue weighted by Crippen LogP contribution is 2.46. The molecule has 0 spiro atoms. The Morgan fingerprint density at radius 2 is 1.70 bits per heavy atom. The lowest BCUT2D eigenvalue weighted by Crippen LogP contribution is -2.74. The molecule has 3 atom stereocenters. The first kappa shape index (κ1) is 17.2. The maximum atomic E-state index is 12.6. The number of piperazine rings is 1. The Kier molecular flexibility index (Phi) is 4.27. The Labute approximate surface area is 141 Å². The van der Waals surface area contributed by atoms with E-state index in [0.717, 1.165) is 16.3 Å². The van der Waals surface area contributed by atoms with Gasteiger partial charge in [-0.25, -0.2) is 8.42 Å². The molecular formula is C14H16BrF3N2O2S. The van der Waals surface area contributed by atoms with Crippen LogP contribution in [0.3, 0.4) is 0 Å². The van der Waals surface area contributed by atoms with Crippen molar-refractivity contribution in [3.8, 4) is 0 Å². The van der Waals surface area contributed by atoms with Crippen LogP contribution in [-0.4, -0.2) is 61.8 Å². The largest absolute Gasteiger partial charge is 0.401 e. The van der Waals surface area contributed by atoms with E-state index in [1.807, 2.05) is 24.3 Å². The molecule has 1 unspecified atom stereocenters. The number of likely N-dealkylation sites (tertiary alicyclic amines) is 1. The molecule has 128 valence electrons. The molecule has 2 aliphatic heterocycles. The molecule has 0 saturated carbocycles. The van der Waals surface area contributed by atoms with Crippen molar-refractivity contribution < 1.29 is 21.6 Å². The summed E-state index contributed by atoms with van der Waals surface area (Å²) in [6.45, 7) is -0.793. The van der Waals surface area contributed by atoms with E-state index < -0.39 is 34.8 Å². The van der Waals surface area contributed by atoms with Crippen LogP contribution in [0.4, 0.5) is 13.2 Å². The second-order valence-corrected chi connectivity index (χ2v) is 8.92. The number of fused-ring (bicyclic) bond motifs is 2. The third-order valence-corrected chi connectivity index (χ3v) is 6.25. The summed E-state index contributed by atoms with van der Waals surface area (Å²) < 4.78 is 63.9. The van der Waals surface area contributed by atoms with Crippen LogP contribution < -0.4 is 0 Å². The van der Waals surface area contributed by atoms with E-state index >= 15 is 0 Å². The normalized spacial score (nSPS) is 29.3. The van der Waals surface area contributed by atoms with Gasteiger partial charge >= 0.3 is 6.18 Å². The number of alkyl halides is 3. The number of benzene rings is 1. The average Bonchev–Trinajstić information content (AvgIpc) is 2.37. The molecule has 3 rings (SSSR count). The Hall–Kier alpha value is -0.640. The average molecular weight is 413 g/mol. The first-order chi connectivity index (χ1) is 10.6. The topological polar surface area (TPSA) is 40.6 Å². The van der Waals surface area contributed by atoms with Crippen molar-refractivity contribution in [2.24, 2.45) is 0 Å². The molecular weight excluding hydrogens is 397 g/mol. The van der Waals surface area contributed by atoms with E-state index in [1.165, 1.54) is 9.21 Å². The fourth-order valence-electron chi connectivity index (χ4n) is 3.71. The van der Waals surface area contributed by atoms with Gasteiger partial charge in [0.1, 0.15) is 0 Å². The van der Waals surface area contributed by atoms with E-state index in [1.54, 1.807) is 0 Å². The van der Waals surface area contributed by atoms with Crippen LogP contribution >= 0.6 is 15.9 Å². The fourth-order valence-corrected chi connectivity index (χ4v) is 5.36. The summed E-state index contributed by atoms with van der Waals surface area (Å²) in [6, 6.07) is 6.64. The number of rotatable bonds is 3. The molecule has 2 aliphatic rings. The third kappa shape index (κ3) is 3.42. The maximum absolute atomic E-state index is 12.6. The van der Waals surface area contributed by atoms with Gasteiger partial charge in [-0.05, 0) is 17.7 Å². The summed E-state index contributed by atoms with van der Waals surface area (Å²) in [7, 11) is -3.43. The molecule has 23 heavy (non-hydrogen) atoms. The Balaban J connectivity index is 1.84. The number of sulfonamides is 1. The Morgan fingerprint density at radius 1 is 1.17 bits per heavy atom. The standard InChI is InChI=1S/C14H16BrF3N2O2S/c1-23(21,22)20-11-6-19(8-14(16,17)18)7-12(20)13(11)9-2-4-10(15)5-3-9/h2-5,11-13H,6-8H2,1H3/t11-,12+,13?. The van der Waals surface area contributed by atoms with Gasteiger partial charge in [-0.1, -0.05) is 28.1 Å². The van der Waals surface area contributed by atoms with Crippen LogP contribution in [0.2, 0.25) is 0 Å². The molecule has 1 aromatic rings. The predicted molar refractivity (Wildman–Crippen MR) is 83.6 cm³/mol. The van der Waals surface area contributed by atoms with Crippen molar-refractivity contribution in [1.29, 1.82) is 0 Å². The van der Waals surface area contributed by atoms with Gasteiger partial charge in [-0.15, -0.1) is 0 Å². The van der Waals surface area contributed by atoms with Gasteiger partial charge < -0.3 is 0 Å². The molecule has 0 radical (unpaired) electrons. The van der Waals surface area contributed by atoms with Crippen LogP contribution in [0.15, 0.2) is 28.7 Å². The highest BCUT2D eigenvalue weighted by atomic mass is 79.9. The van der Waals surface area contributed by atoms with E-state index in [9.17, 15) is 21.6 Å². The molecule has 9 heteroatoms. The van der Waals surface area contributed by atoms with Gasteiger partial charge in [0.15, 0.2) is 0 Å². The first-order valence-electron chi connectivity index (χ1n) is 7.09. The first-order valence-corrected chi connectivity index (χ1v) is 9.73. The maximum Gasteiger partial charge on any atom is 0.401 e. The van der Waals surface area contributed by atoms with Crippen LogP contribution in [0.25, 0.3) is 0 Å². The molecule has 0 aliphatic carbocycles. The van der Waals surface area contributed by atoms with Gasteiger partial charge in [0, 0.05) is 35.6 Å². The van der Waals surface area contributed by atoms with Crippen molar-refractivity contribution >= 4 is 26.0 Å². The molecule has 2 bridgehead atoms. The van der Waals surface area contributed by atoms with E-state index in [2.05, 4.69) is 15.9 Å². The summed E-state index contributed by atoms with van der Waals surface area (Å²) in [5, 5.41) is 0. The minimum atomic E-state index is -4.27. The van der Waals surface area contributed by atoms with Gasteiger partial charge in [0.25, 0.3) is 0 Å². The number of hydrogen-bond donors (Lipinski definition) is 0. The Morgan fingerprint density at radius 3 is 2.13 bits per heavy atom. The zero-order chi connectivity index (χ0) is 17.0. The van der Waals surface area contributed by atoms with Gasteiger partial charge in [0.2, 0.25) is 10.0 Å². The summed E-state index contributed by atoms with van der Waals surface area (Å²) in [4.78, 5) is 1.30. The second-order valence-electron chi connectivity index (χ2n) is 6.11. The molecule has 2 saturated heterocycles. The SMILES string of the molecule is CS(=O)(=O)N1[C@@H]2CN(CC(F)(F)F)C[C@H]1C2c1ccc(Br)cc1. The van der Waals surface area contributed by atoms with Crippen LogP contribution in [0.5, 0.6) is 0 Å².